The Morgan fingerprint density at radius 2 is 1.80 bits per heavy atom. The van der Waals surface area contributed by atoms with Gasteiger partial charge in [0.05, 0.1) is 5.41 Å². The highest BCUT2D eigenvalue weighted by Gasteiger charge is 2.39. The largest absolute Gasteiger partial charge is 0.481 e. The lowest BCUT2D eigenvalue weighted by molar-refractivity contribution is -0.150. The normalized spacial score (nSPS) is 14.8. The monoisotopic (exact) mass is 289 g/mol. The van der Waals surface area contributed by atoms with E-state index < -0.39 is 23.1 Å². The zero-order valence-corrected chi connectivity index (χ0v) is 13.0. The molecule has 118 valence electrons. The van der Waals surface area contributed by atoms with Crippen molar-refractivity contribution in [1.29, 1.82) is 0 Å². The van der Waals surface area contributed by atoms with E-state index in [4.69, 9.17) is 9.84 Å². The fourth-order valence-electron chi connectivity index (χ4n) is 2.08. The van der Waals surface area contributed by atoms with E-state index >= 15 is 0 Å². The van der Waals surface area contributed by atoms with E-state index in [-0.39, 0.29) is 25.5 Å². The van der Waals surface area contributed by atoms with Gasteiger partial charge in [-0.25, -0.2) is 4.79 Å². The van der Waals surface area contributed by atoms with Gasteiger partial charge in [-0.1, -0.05) is 13.8 Å². The summed E-state index contributed by atoms with van der Waals surface area (Å²) in [7, 11) is 0. The number of carbonyl (C=O) groups excluding carboxylic acids is 1. The lowest BCUT2D eigenvalue weighted by Gasteiger charge is -2.31. The van der Waals surface area contributed by atoms with E-state index in [2.05, 4.69) is 5.32 Å². The Bertz CT molecular complexity index is 335. The highest BCUT2D eigenvalue weighted by molar-refractivity contribution is 5.76. The first-order chi connectivity index (χ1) is 9.02. The fourth-order valence-corrected chi connectivity index (χ4v) is 2.08. The van der Waals surface area contributed by atoms with Crippen molar-refractivity contribution in [1.82, 2.24) is 5.32 Å². The Kier molecular flexibility index (Phi) is 6.99. The summed E-state index contributed by atoms with van der Waals surface area (Å²) in [5.41, 5.74) is -1.80. The van der Waals surface area contributed by atoms with E-state index in [0.29, 0.717) is 6.42 Å². The molecular formula is C14H27NO5. The summed E-state index contributed by atoms with van der Waals surface area (Å²) in [6.07, 6.45) is -0.181. The Hall–Kier alpha value is -1.30. The molecule has 6 heteroatoms. The predicted molar refractivity (Wildman–Crippen MR) is 75.5 cm³/mol. The average molecular weight is 289 g/mol. The molecule has 1 amide bonds. The van der Waals surface area contributed by atoms with Crippen molar-refractivity contribution in [3.63, 3.8) is 0 Å². The smallest absolute Gasteiger partial charge is 0.407 e. The molecule has 0 heterocycles. The summed E-state index contributed by atoms with van der Waals surface area (Å²) in [5.74, 6) is -0.880. The average Bonchev–Trinajstić information content (AvgIpc) is 2.22. The van der Waals surface area contributed by atoms with E-state index in [9.17, 15) is 14.7 Å². The van der Waals surface area contributed by atoms with Crippen LogP contribution in [-0.2, 0) is 9.53 Å². The second-order valence-electron chi connectivity index (χ2n) is 6.51. The second-order valence-corrected chi connectivity index (χ2v) is 6.51. The summed E-state index contributed by atoms with van der Waals surface area (Å²) in [4.78, 5) is 23.2. The number of hydrogen-bond donors (Lipinski definition) is 3. The van der Waals surface area contributed by atoms with Gasteiger partial charge in [-0.3, -0.25) is 4.79 Å². The van der Waals surface area contributed by atoms with E-state index in [1.807, 2.05) is 13.8 Å². The molecule has 0 radical (unpaired) electrons. The number of carbonyl (C=O) groups is 2. The van der Waals surface area contributed by atoms with Gasteiger partial charge < -0.3 is 20.3 Å². The molecule has 1 atom stereocenters. The standard InChI is InChI=1S/C14H27NO5/c1-10(2)8-14(6-7-16,11(17)18)9-15-12(19)20-13(3,4)5/h10,16H,6-9H2,1-5H3,(H,15,19)(H,17,18). The van der Waals surface area contributed by atoms with Gasteiger partial charge in [0, 0.05) is 13.2 Å². The maximum absolute atomic E-state index is 11.6. The lowest BCUT2D eigenvalue weighted by atomic mass is 9.77. The molecule has 0 bridgehead atoms. The van der Waals surface area contributed by atoms with Crippen LogP contribution < -0.4 is 5.32 Å². The van der Waals surface area contributed by atoms with Crippen LogP contribution in [0.25, 0.3) is 0 Å². The van der Waals surface area contributed by atoms with Crippen molar-refractivity contribution in [2.45, 2.75) is 53.1 Å². The van der Waals surface area contributed by atoms with Crippen molar-refractivity contribution in [3.8, 4) is 0 Å². The van der Waals surface area contributed by atoms with Crippen LogP contribution in [0.15, 0.2) is 0 Å². The van der Waals surface area contributed by atoms with Crippen LogP contribution in [0, 0.1) is 11.3 Å². The third kappa shape index (κ3) is 6.75. The molecule has 0 fully saturated rings. The van der Waals surface area contributed by atoms with Gasteiger partial charge in [0.25, 0.3) is 0 Å². The summed E-state index contributed by atoms with van der Waals surface area (Å²) in [6, 6.07) is 0. The van der Waals surface area contributed by atoms with E-state index in [0.717, 1.165) is 0 Å². The number of aliphatic carboxylic acids is 1. The van der Waals surface area contributed by atoms with Gasteiger partial charge in [0.2, 0.25) is 0 Å². The molecule has 0 aromatic rings. The summed E-state index contributed by atoms with van der Waals surface area (Å²) in [5, 5.41) is 21.1. The maximum Gasteiger partial charge on any atom is 0.407 e. The zero-order valence-electron chi connectivity index (χ0n) is 13.0. The Balaban J connectivity index is 4.80. The highest BCUT2D eigenvalue weighted by atomic mass is 16.6. The van der Waals surface area contributed by atoms with Gasteiger partial charge in [-0.05, 0) is 39.5 Å². The number of rotatable bonds is 7. The zero-order chi connectivity index (χ0) is 16.0. The number of hydrogen-bond acceptors (Lipinski definition) is 4. The third-order valence-electron chi connectivity index (χ3n) is 2.81. The molecule has 0 aromatic heterocycles. The molecule has 6 nitrogen and oxygen atoms in total. The number of aliphatic hydroxyl groups excluding tert-OH is 1. The number of alkyl carbamates (subject to hydrolysis) is 1. The quantitative estimate of drug-likeness (QED) is 0.666. The molecule has 0 aromatic carbocycles. The predicted octanol–water partition coefficient (Wildman–Crippen LogP) is 2.01. The minimum absolute atomic E-state index is 0.0595. The number of amides is 1. The summed E-state index contributed by atoms with van der Waals surface area (Å²) >= 11 is 0. The fraction of sp³-hybridized carbons (Fsp3) is 0.857. The highest BCUT2D eigenvalue weighted by Crippen LogP contribution is 2.30. The van der Waals surface area contributed by atoms with Gasteiger partial charge in [-0.15, -0.1) is 0 Å². The van der Waals surface area contributed by atoms with Crippen molar-refractivity contribution in [2.24, 2.45) is 11.3 Å². The van der Waals surface area contributed by atoms with Crippen LogP contribution in [0.1, 0.15) is 47.5 Å². The Morgan fingerprint density at radius 3 is 2.15 bits per heavy atom. The third-order valence-corrected chi connectivity index (χ3v) is 2.81. The van der Waals surface area contributed by atoms with Gasteiger partial charge in [0.1, 0.15) is 5.60 Å². The molecule has 0 aliphatic heterocycles. The molecular weight excluding hydrogens is 262 g/mol. The van der Waals surface area contributed by atoms with Crippen molar-refractivity contribution in [2.75, 3.05) is 13.2 Å². The number of aliphatic hydroxyl groups is 1. The molecule has 0 aliphatic carbocycles. The molecule has 3 N–H and O–H groups in total. The topological polar surface area (TPSA) is 95.9 Å². The van der Waals surface area contributed by atoms with Crippen molar-refractivity contribution < 1.29 is 24.5 Å². The van der Waals surface area contributed by atoms with Crippen LogP contribution in [-0.4, -0.2) is 41.0 Å². The first-order valence-corrected chi connectivity index (χ1v) is 6.83. The number of carboxylic acids is 1. The molecule has 0 spiro atoms. The molecule has 0 saturated carbocycles. The SMILES string of the molecule is CC(C)CC(CCO)(CNC(=O)OC(C)(C)C)C(=O)O. The first kappa shape index (κ1) is 18.7. The van der Waals surface area contributed by atoms with Crippen LogP contribution in [0.5, 0.6) is 0 Å². The molecule has 20 heavy (non-hydrogen) atoms. The van der Waals surface area contributed by atoms with Crippen LogP contribution >= 0.6 is 0 Å². The second kappa shape index (κ2) is 7.47. The van der Waals surface area contributed by atoms with Crippen molar-refractivity contribution in [3.05, 3.63) is 0 Å². The minimum Gasteiger partial charge on any atom is -0.481 e. The summed E-state index contributed by atoms with van der Waals surface area (Å²) in [6.45, 7) is 8.71. The molecule has 0 rings (SSSR count). The van der Waals surface area contributed by atoms with Gasteiger partial charge in [0.15, 0.2) is 0 Å². The van der Waals surface area contributed by atoms with Crippen molar-refractivity contribution >= 4 is 12.1 Å². The Labute approximate surface area is 120 Å². The number of nitrogens with one attached hydrogen (secondary N) is 1. The molecule has 1 unspecified atom stereocenters. The van der Waals surface area contributed by atoms with E-state index in [1.165, 1.54) is 0 Å². The molecule has 0 saturated heterocycles. The van der Waals surface area contributed by atoms with Crippen LogP contribution in [0.2, 0.25) is 0 Å². The number of carboxylic acid groups (broad SMARTS) is 1. The van der Waals surface area contributed by atoms with Gasteiger partial charge in [-0.2, -0.15) is 0 Å². The first-order valence-electron chi connectivity index (χ1n) is 6.83. The number of ether oxygens (including phenoxy) is 1. The van der Waals surface area contributed by atoms with Crippen LogP contribution in [0.4, 0.5) is 4.79 Å². The van der Waals surface area contributed by atoms with Gasteiger partial charge >= 0.3 is 12.1 Å². The molecule has 0 aliphatic rings. The van der Waals surface area contributed by atoms with Crippen LogP contribution in [0.3, 0.4) is 0 Å². The lowest BCUT2D eigenvalue weighted by Crippen LogP contribution is -2.45. The maximum atomic E-state index is 11.6. The minimum atomic E-state index is -1.17. The van der Waals surface area contributed by atoms with E-state index in [1.54, 1.807) is 20.8 Å². The summed E-state index contributed by atoms with van der Waals surface area (Å²) < 4.78 is 5.09. The Morgan fingerprint density at radius 1 is 1.25 bits per heavy atom.